The van der Waals surface area contributed by atoms with E-state index >= 15 is 0 Å². The van der Waals surface area contributed by atoms with Crippen molar-refractivity contribution in [2.45, 2.75) is 33.2 Å². The van der Waals surface area contributed by atoms with E-state index < -0.39 is 12.3 Å². The predicted octanol–water partition coefficient (Wildman–Crippen LogP) is 4.08. The van der Waals surface area contributed by atoms with Crippen LogP contribution in [-0.2, 0) is 18.9 Å². The molecule has 1 unspecified atom stereocenters. The van der Waals surface area contributed by atoms with Gasteiger partial charge < -0.3 is 18.9 Å². The van der Waals surface area contributed by atoms with Gasteiger partial charge in [0.1, 0.15) is 0 Å². The number of carbonyl (C=O) groups is 2. The van der Waals surface area contributed by atoms with Gasteiger partial charge in [0, 0.05) is 0 Å². The zero-order chi connectivity index (χ0) is 20.5. The number of ether oxygens (including phenoxy) is 4. The second-order valence-corrected chi connectivity index (χ2v) is 6.41. The molecule has 2 rings (SSSR count). The first-order valence-corrected chi connectivity index (χ1v) is 9.13. The number of hydrogen-bond donors (Lipinski definition) is 0. The Morgan fingerprint density at radius 2 is 1.21 bits per heavy atom. The molecule has 6 nitrogen and oxygen atoms in total. The molecule has 0 saturated carbocycles. The quantitative estimate of drug-likeness (QED) is 0.367. The maximum atomic E-state index is 12.2. The summed E-state index contributed by atoms with van der Waals surface area (Å²) in [6.45, 7) is 6.36. The Hall–Kier alpha value is -2.70. The summed E-state index contributed by atoms with van der Waals surface area (Å²) < 4.78 is 20.7. The fourth-order valence-electron chi connectivity index (χ4n) is 2.47. The van der Waals surface area contributed by atoms with Gasteiger partial charge in [0.2, 0.25) is 6.29 Å². The van der Waals surface area contributed by atoms with Crippen molar-refractivity contribution in [1.29, 1.82) is 0 Å². The van der Waals surface area contributed by atoms with Gasteiger partial charge in [0.15, 0.2) is 0 Å². The largest absolute Gasteiger partial charge is 0.465 e. The van der Waals surface area contributed by atoms with Gasteiger partial charge in [-0.25, -0.2) is 9.59 Å². The van der Waals surface area contributed by atoms with Gasteiger partial charge in [-0.3, -0.25) is 0 Å². The minimum atomic E-state index is -0.659. The van der Waals surface area contributed by atoms with Crippen molar-refractivity contribution in [3.05, 3.63) is 59.7 Å². The number of hydrogen-bond acceptors (Lipinski definition) is 6. The average Bonchev–Trinajstić information content (AvgIpc) is 2.70. The van der Waals surface area contributed by atoms with Crippen LogP contribution in [0.5, 0.6) is 0 Å². The van der Waals surface area contributed by atoms with E-state index in [1.54, 1.807) is 31.2 Å². The van der Waals surface area contributed by atoms with Crippen molar-refractivity contribution in [3.8, 4) is 11.1 Å². The third-order valence-corrected chi connectivity index (χ3v) is 3.92. The molecule has 0 N–H and O–H groups in total. The van der Waals surface area contributed by atoms with Gasteiger partial charge >= 0.3 is 11.9 Å². The highest BCUT2D eigenvalue weighted by molar-refractivity contribution is 5.91. The lowest BCUT2D eigenvalue weighted by Crippen LogP contribution is -2.21. The minimum Gasteiger partial charge on any atom is -0.465 e. The lowest BCUT2D eigenvalue weighted by atomic mass is 10.0. The third kappa shape index (κ3) is 6.48. The molecule has 0 radical (unpaired) electrons. The van der Waals surface area contributed by atoms with Crippen LogP contribution in [0.25, 0.3) is 11.1 Å². The van der Waals surface area contributed by atoms with E-state index in [1.165, 1.54) is 7.11 Å². The Labute approximate surface area is 165 Å². The van der Waals surface area contributed by atoms with Crippen LogP contribution >= 0.6 is 0 Å². The van der Waals surface area contributed by atoms with E-state index in [4.69, 9.17) is 14.2 Å². The smallest absolute Gasteiger partial charge is 0.340 e. The molecule has 2 aromatic rings. The molecule has 0 bridgehead atoms. The molecular formula is C22H26O6. The topological polar surface area (TPSA) is 71.1 Å². The van der Waals surface area contributed by atoms with Gasteiger partial charge in [0.05, 0.1) is 37.6 Å². The molecule has 0 aliphatic carbocycles. The number of benzene rings is 2. The molecule has 0 saturated heterocycles. The zero-order valence-corrected chi connectivity index (χ0v) is 16.6. The molecule has 2 aromatic carbocycles. The van der Waals surface area contributed by atoms with Crippen LogP contribution in [-0.4, -0.2) is 44.7 Å². The van der Waals surface area contributed by atoms with Crippen molar-refractivity contribution < 1.29 is 28.5 Å². The van der Waals surface area contributed by atoms with Crippen molar-refractivity contribution in [3.63, 3.8) is 0 Å². The van der Waals surface area contributed by atoms with Crippen molar-refractivity contribution in [2.75, 3.05) is 20.3 Å². The monoisotopic (exact) mass is 386 g/mol. The molecule has 0 amide bonds. The van der Waals surface area contributed by atoms with E-state index in [9.17, 15) is 9.59 Å². The first kappa shape index (κ1) is 21.6. The van der Waals surface area contributed by atoms with Crippen molar-refractivity contribution in [2.24, 2.45) is 0 Å². The Balaban J connectivity index is 1.90. The molecule has 0 heterocycles. The predicted molar refractivity (Wildman–Crippen MR) is 105 cm³/mol. The molecule has 150 valence electrons. The van der Waals surface area contributed by atoms with Crippen molar-refractivity contribution in [1.82, 2.24) is 0 Å². The highest BCUT2D eigenvalue weighted by atomic mass is 16.7. The highest BCUT2D eigenvalue weighted by Crippen LogP contribution is 2.21. The van der Waals surface area contributed by atoms with Gasteiger partial charge in [-0.1, -0.05) is 24.3 Å². The highest BCUT2D eigenvalue weighted by Gasteiger charge is 2.13. The van der Waals surface area contributed by atoms with Gasteiger partial charge in [-0.05, 0) is 56.2 Å². The van der Waals surface area contributed by atoms with E-state index in [2.05, 4.69) is 4.74 Å². The lowest BCUT2D eigenvalue weighted by molar-refractivity contribution is -0.113. The van der Waals surface area contributed by atoms with Crippen LogP contribution in [0, 0.1) is 0 Å². The first-order valence-electron chi connectivity index (χ1n) is 9.13. The number of carbonyl (C=O) groups excluding carboxylic acids is 2. The summed E-state index contributed by atoms with van der Waals surface area (Å²) in [4.78, 5) is 23.7. The summed E-state index contributed by atoms with van der Waals surface area (Å²) >= 11 is 0. The fraction of sp³-hybridized carbons (Fsp3) is 0.364. The first-order chi connectivity index (χ1) is 13.4. The van der Waals surface area contributed by atoms with Crippen LogP contribution in [0.3, 0.4) is 0 Å². The third-order valence-electron chi connectivity index (χ3n) is 3.92. The molecule has 6 heteroatoms. The Morgan fingerprint density at radius 3 is 1.68 bits per heavy atom. The summed E-state index contributed by atoms with van der Waals surface area (Å²) in [5.74, 6) is -0.832. The van der Waals surface area contributed by atoms with E-state index in [1.807, 2.05) is 38.1 Å². The van der Waals surface area contributed by atoms with Crippen LogP contribution in [0.2, 0.25) is 0 Å². The lowest BCUT2D eigenvalue weighted by Gasteiger charge is -2.15. The molecule has 0 aliphatic rings. The Kier molecular flexibility index (Phi) is 8.17. The number of esters is 2. The summed E-state index contributed by atoms with van der Waals surface area (Å²) in [6.07, 6.45) is -0.523. The fourth-order valence-corrected chi connectivity index (χ4v) is 2.47. The van der Waals surface area contributed by atoms with Crippen LogP contribution in [0.4, 0.5) is 0 Å². The molecule has 0 aliphatic heterocycles. The maximum Gasteiger partial charge on any atom is 0.340 e. The standard InChI is InChI=1S/C22H26O6/c1-15(2)26-13-14-27-16(3)28-22(24)20-11-7-18(8-12-20)17-5-9-19(10-6-17)21(23)25-4/h5-12,15-16H,13-14H2,1-4H3. The number of methoxy groups -OCH3 is 1. The Morgan fingerprint density at radius 1 is 0.750 bits per heavy atom. The zero-order valence-electron chi connectivity index (χ0n) is 16.6. The van der Waals surface area contributed by atoms with Crippen LogP contribution in [0.1, 0.15) is 41.5 Å². The number of rotatable bonds is 9. The molecule has 0 aromatic heterocycles. The average molecular weight is 386 g/mol. The maximum absolute atomic E-state index is 12.2. The van der Waals surface area contributed by atoms with Crippen LogP contribution in [0.15, 0.2) is 48.5 Å². The van der Waals surface area contributed by atoms with E-state index in [0.717, 1.165) is 11.1 Å². The summed E-state index contributed by atoms with van der Waals surface area (Å²) in [7, 11) is 1.35. The molecule has 0 fully saturated rings. The Bertz CT molecular complexity index is 765. The summed E-state index contributed by atoms with van der Waals surface area (Å²) in [5.41, 5.74) is 2.76. The SMILES string of the molecule is COC(=O)c1ccc(-c2ccc(C(=O)OC(C)OCCOC(C)C)cc2)cc1. The van der Waals surface area contributed by atoms with Gasteiger partial charge in [0.25, 0.3) is 0 Å². The molecule has 0 spiro atoms. The minimum absolute atomic E-state index is 0.136. The molecule has 28 heavy (non-hydrogen) atoms. The molecular weight excluding hydrogens is 360 g/mol. The molecule has 1 atom stereocenters. The van der Waals surface area contributed by atoms with E-state index in [0.29, 0.717) is 24.3 Å². The second kappa shape index (κ2) is 10.6. The van der Waals surface area contributed by atoms with E-state index in [-0.39, 0.29) is 12.1 Å². The summed E-state index contributed by atoms with van der Waals surface area (Å²) in [5, 5.41) is 0. The second-order valence-electron chi connectivity index (χ2n) is 6.41. The van der Waals surface area contributed by atoms with Crippen LogP contribution < -0.4 is 0 Å². The normalized spacial score (nSPS) is 11.9. The summed E-state index contributed by atoms with van der Waals surface area (Å²) in [6, 6.07) is 14.1. The van der Waals surface area contributed by atoms with Gasteiger partial charge in [-0.2, -0.15) is 0 Å². The van der Waals surface area contributed by atoms with Crippen molar-refractivity contribution >= 4 is 11.9 Å². The van der Waals surface area contributed by atoms with Gasteiger partial charge in [-0.15, -0.1) is 0 Å².